The molecule has 408 valence electrons. The zero-order valence-electron chi connectivity index (χ0n) is 47.3. The fraction of sp³-hybridized carbons (Fsp3) is 0. The highest BCUT2D eigenvalue weighted by Gasteiger charge is 2.48. The summed E-state index contributed by atoms with van der Waals surface area (Å²) in [7, 11) is 0. The van der Waals surface area contributed by atoms with Crippen LogP contribution in [-0.4, -0.2) is 13.4 Å². The van der Waals surface area contributed by atoms with Crippen LogP contribution in [0.2, 0.25) is 0 Å². The molecule has 0 spiro atoms. The average Bonchev–Trinajstić information content (AvgIpc) is 0.808. The Kier molecular flexibility index (Phi) is 12.5. The van der Waals surface area contributed by atoms with Crippen molar-refractivity contribution in [1.29, 1.82) is 0 Å². The van der Waals surface area contributed by atoms with E-state index in [1.165, 1.54) is 80.8 Å². The van der Waals surface area contributed by atoms with Gasteiger partial charge >= 0.3 is 0 Å². The summed E-state index contributed by atoms with van der Waals surface area (Å²) in [6.07, 6.45) is 0. The Morgan fingerprint density at radius 2 is 0.529 bits per heavy atom. The Labute approximate surface area is 517 Å². The van der Waals surface area contributed by atoms with E-state index in [1.807, 2.05) is 23.5 Å². The van der Waals surface area contributed by atoms with Gasteiger partial charge in [-0.3, -0.25) is 0 Å². The van der Waals surface area contributed by atoms with Crippen LogP contribution < -0.4 is 57.3 Å². The van der Waals surface area contributed by atoms with Crippen molar-refractivity contribution >= 4 is 155 Å². The van der Waals surface area contributed by atoms with Gasteiger partial charge in [-0.05, 0) is 155 Å². The summed E-state index contributed by atoms with van der Waals surface area (Å²) in [5, 5.41) is 0. The second kappa shape index (κ2) is 21.3. The number of hydrogen-bond acceptors (Lipinski definition) is 7. The van der Waals surface area contributed by atoms with Crippen LogP contribution in [0.1, 0.15) is 0 Å². The summed E-state index contributed by atoms with van der Waals surface area (Å²) in [4.78, 5) is 17.4. The lowest BCUT2D eigenvalue weighted by Gasteiger charge is -2.45. The van der Waals surface area contributed by atoms with Gasteiger partial charge in [0.05, 0.1) is 5.69 Å². The summed E-state index contributed by atoms with van der Waals surface area (Å²) >= 11 is 3.86. The van der Waals surface area contributed by atoms with E-state index in [1.54, 1.807) is 0 Å². The maximum Gasteiger partial charge on any atom is 0.249 e. The minimum absolute atomic E-state index is 0.131. The molecule has 0 aromatic heterocycles. The third kappa shape index (κ3) is 8.52. The van der Waals surface area contributed by atoms with E-state index in [9.17, 15) is 0 Å². The first-order valence-electron chi connectivity index (χ1n) is 29.7. The first-order chi connectivity index (χ1) is 43.2. The zero-order valence-corrected chi connectivity index (χ0v) is 48.9. The van der Waals surface area contributed by atoms with Crippen molar-refractivity contribution in [2.45, 2.75) is 19.6 Å². The molecule has 0 N–H and O–H groups in total. The predicted octanol–water partition coefficient (Wildman–Crippen LogP) is 17.6. The highest BCUT2D eigenvalue weighted by atomic mass is 32.2. The number of benzene rings is 13. The Morgan fingerprint density at radius 3 is 0.862 bits per heavy atom. The van der Waals surface area contributed by atoms with Gasteiger partial charge in [-0.15, -0.1) is 0 Å². The molecule has 0 saturated heterocycles. The zero-order chi connectivity index (χ0) is 57.4. The van der Waals surface area contributed by atoms with Gasteiger partial charge in [-0.2, -0.15) is 0 Å². The first-order valence-corrected chi connectivity index (χ1v) is 31.4. The van der Waals surface area contributed by atoms with E-state index in [-0.39, 0.29) is 13.4 Å². The fourth-order valence-electron chi connectivity index (χ4n) is 13.9. The molecule has 0 fully saturated rings. The van der Waals surface area contributed by atoms with E-state index in [4.69, 9.17) is 0 Å². The third-order valence-electron chi connectivity index (χ3n) is 17.4. The minimum Gasteiger partial charge on any atom is -0.311 e. The minimum atomic E-state index is -0.131. The molecule has 5 nitrogen and oxygen atoms in total. The molecule has 0 amide bonds. The summed E-state index contributed by atoms with van der Waals surface area (Å²) in [6.45, 7) is -0.261. The first kappa shape index (κ1) is 51.1. The fourth-order valence-corrected chi connectivity index (χ4v) is 16.6. The van der Waals surface area contributed by atoms with Gasteiger partial charge in [0.2, 0.25) is 13.4 Å². The number of hydrogen-bond donors (Lipinski definition) is 0. The van der Waals surface area contributed by atoms with Crippen LogP contribution in [0.25, 0.3) is 0 Å². The average molecular weight is 1150 g/mol. The van der Waals surface area contributed by atoms with E-state index in [2.05, 4.69) is 346 Å². The lowest BCUT2D eigenvalue weighted by atomic mass is 9.31. The lowest BCUT2D eigenvalue weighted by Crippen LogP contribution is -2.64. The molecule has 0 aliphatic carbocycles. The topological polar surface area (TPSA) is 16.2 Å². The van der Waals surface area contributed by atoms with Crippen molar-refractivity contribution < 1.29 is 0 Å². The Hall–Kier alpha value is -10.3. The van der Waals surface area contributed by atoms with Crippen molar-refractivity contribution in [1.82, 2.24) is 0 Å². The Morgan fingerprint density at radius 1 is 0.241 bits per heavy atom. The van der Waals surface area contributed by atoms with Gasteiger partial charge < -0.3 is 24.5 Å². The Balaban J connectivity index is 0.990. The van der Waals surface area contributed by atoms with Gasteiger partial charge in [-0.1, -0.05) is 223 Å². The molecule has 0 atom stereocenters. The standard InChI is InChI=1S/C78H53B2N5S2/c1-9-29-54(30-10-1)81(55-31-11-2-12-32-55)62-49-70-74-72(51-62)86-77-66(79(74)64-45-25-27-47-68(64)84(70)60-41-21-7-22-42-60)53-67-78(76(77)83(58-37-17-5-18-38-58)59-39-19-6-20-40-59)87-73-52-63(82(56-33-13-3-14-34-56)57-35-15-4-16-36-57)50-71-75(73)80(67)65-46-26-28-48-69(65)85(71)61-43-23-8-24-44-61/h1-53H. The summed E-state index contributed by atoms with van der Waals surface area (Å²) in [6, 6.07) is 118. The second-order valence-electron chi connectivity index (χ2n) is 22.4. The maximum atomic E-state index is 2.66. The van der Waals surface area contributed by atoms with Crippen LogP contribution in [0.4, 0.5) is 85.3 Å². The molecular weight excluding hydrogens is 1090 g/mol. The van der Waals surface area contributed by atoms with Gasteiger partial charge in [0.25, 0.3) is 0 Å². The van der Waals surface area contributed by atoms with Gasteiger partial charge in [0.15, 0.2) is 0 Å². The van der Waals surface area contributed by atoms with Crippen molar-refractivity contribution in [3.63, 3.8) is 0 Å². The van der Waals surface area contributed by atoms with E-state index < -0.39 is 0 Å². The van der Waals surface area contributed by atoms with Crippen LogP contribution in [-0.2, 0) is 0 Å². The molecule has 13 aromatic rings. The molecular formula is C78H53B2N5S2. The predicted molar refractivity (Wildman–Crippen MR) is 370 cm³/mol. The smallest absolute Gasteiger partial charge is 0.249 e. The maximum absolute atomic E-state index is 2.66. The van der Waals surface area contributed by atoms with Gasteiger partial charge in [0.1, 0.15) is 0 Å². The van der Waals surface area contributed by atoms with Crippen LogP contribution in [0.5, 0.6) is 0 Å². The molecule has 4 aliphatic heterocycles. The summed E-state index contributed by atoms with van der Waals surface area (Å²) in [5.74, 6) is 0. The molecule has 4 aliphatic rings. The van der Waals surface area contributed by atoms with Gasteiger partial charge in [0, 0.05) is 99.2 Å². The quantitative estimate of drug-likeness (QED) is 0.118. The number of nitrogens with zero attached hydrogens (tertiary/aromatic N) is 5. The van der Waals surface area contributed by atoms with E-state index >= 15 is 0 Å². The van der Waals surface area contributed by atoms with E-state index in [0.29, 0.717) is 0 Å². The van der Waals surface area contributed by atoms with Gasteiger partial charge in [-0.25, -0.2) is 0 Å². The highest BCUT2D eigenvalue weighted by Crippen LogP contribution is 2.55. The molecule has 9 heteroatoms. The van der Waals surface area contributed by atoms with E-state index in [0.717, 1.165) is 56.9 Å². The van der Waals surface area contributed by atoms with Crippen molar-refractivity contribution in [2.75, 3.05) is 24.5 Å². The molecule has 0 radical (unpaired) electrons. The molecule has 0 unspecified atom stereocenters. The molecule has 87 heavy (non-hydrogen) atoms. The summed E-state index contributed by atoms with van der Waals surface area (Å²) in [5.41, 5.74) is 24.6. The number of fused-ring (bicyclic) bond motifs is 8. The summed E-state index contributed by atoms with van der Waals surface area (Å²) < 4.78 is 0. The van der Waals surface area contributed by atoms with Crippen LogP contribution >= 0.6 is 23.5 Å². The molecule has 13 aromatic carbocycles. The largest absolute Gasteiger partial charge is 0.311 e. The molecule has 17 rings (SSSR count). The van der Waals surface area contributed by atoms with Crippen LogP contribution in [0, 0.1) is 0 Å². The number of anilines is 15. The SMILES string of the molecule is c1ccc(N(c2ccccc2)c2cc3c4c(c2)N(c2ccccc2)c2ccccc2B4c2cc4c(c(N(c5ccccc5)c5ccccc5)c2S3)Sc2cc(N(c3ccccc3)c3ccccc3)cc3c2B4c2ccccc2N3c2ccccc2)cc1. The highest BCUT2D eigenvalue weighted by molar-refractivity contribution is 8.01. The Bertz CT molecular complexity index is 4350. The van der Waals surface area contributed by atoms with Crippen molar-refractivity contribution in [3.8, 4) is 0 Å². The third-order valence-corrected chi connectivity index (χ3v) is 19.8. The van der Waals surface area contributed by atoms with Crippen LogP contribution in [0.3, 0.4) is 0 Å². The number of rotatable bonds is 11. The van der Waals surface area contributed by atoms with Crippen molar-refractivity contribution in [2.24, 2.45) is 0 Å². The normalized spacial score (nSPS) is 12.9. The number of para-hydroxylation sites is 10. The monoisotopic (exact) mass is 1150 g/mol. The van der Waals surface area contributed by atoms with Crippen molar-refractivity contribution in [3.05, 3.63) is 322 Å². The molecule has 0 saturated carbocycles. The molecule has 4 heterocycles. The molecule has 0 bridgehead atoms. The second-order valence-corrected chi connectivity index (χ2v) is 24.5. The van der Waals surface area contributed by atoms with Crippen LogP contribution in [0.15, 0.2) is 341 Å². The lowest BCUT2D eigenvalue weighted by molar-refractivity contribution is 1.18.